The quantitative estimate of drug-likeness (QED) is 0.584. The summed E-state index contributed by atoms with van der Waals surface area (Å²) >= 11 is 0. The van der Waals surface area contributed by atoms with Crippen LogP contribution in [0.4, 0.5) is 0 Å². The highest BCUT2D eigenvalue weighted by Gasteiger charge is 2.00. The number of hydrogen-bond acceptors (Lipinski definition) is 2. The minimum Gasteiger partial charge on any atom is -0.507 e. The van der Waals surface area contributed by atoms with Crippen LogP contribution in [0.2, 0.25) is 0 Å². The van der Waals surface area contributed by atoms with E-state index in [2.05, 4.69) is 11.8 Å². The summed E-state index contributed by atoms with van der Waals surface area (Å²) in [6, 6.07) is 3.70. The number of aryl methyl sites for hydroxylation is 2. The van der Waals surface area contributed by atoms with Crippen LogP contribution < -0.4 is 5.73 Å². The third-order valence-corrected chi connectivity index (χ3v) is 1.83. The van der Waals surface area contributed by atoms with Gasteiger partial charge in [-0.05, 0) is 37.1 Å². The summed E-state index contributed by atoms with van der Waals surface area (Å²) in [5.41, 5.74) is 7.86. The Morgan fingerprint density at radius 1 is 1.31 bits per heavy atom. The van der Waals surface area contributed by atoms with Crippen LogP contribution in [-0.4, -0.2) is 11.7 Å². The van der Waals surface area contributed by atoms with Gasteiger partial charge in [-0.15, -0.1) is 0 Å². The van der Waals surface area contributed by atoms with Crippen molar-refractivity contribution in [2.45, 2.75) is 13.8 Å². The molecule has 0 aromatic heterocycles. The summed E-state index contributed by atoms with van der Waals surface area (Å²) in [5, 5.41) is 9.48. The van der Waals surface area contributed by atoms with Gasteiger partial charge in [0.05, 0.1) is 6.54 Å². The van der Waals surface area contributed by atoms with Crippen molar-refractivity contribution in [3.8, 4) is 17.6 Å². The Hall–Kier alpha value is -1.46. The molecule has 2 heteroatoms. The first-order chi connectivity index (χ1) is 6.15. The first-order valence-electron chi connectivity index (χ1n) is 4.14. The summed E-state index contributed by atoms with van der Waals surface area (Å²) in [6.45, 7) is 4.07. The summed E-state index contributed by atoms with van der Waals surface area (Å²) in [4.78, 5) is 0. The highest BCUT2D eigenvalue weighted by molar-refractivity contribution is 5.47. The molecule has 0 aliphatic heterocycles. The van der Waals surface area contributed by atoms with Gasteiger partial charge in [0.15, 0.2) is 0 Å². The van der Waals surface area contributed by atoms with Gasteiger partial charge < -0.3 is 10.8 Å². The Morgan fingerprint density at radius 2 is 1.85 bits per heavy atom. The van der Waals surface area contributed by atoms with E-state index in [4.69, 9.17) is 5.73 Å². The maximum Gasteiger partial charge on any atom is 0.121 e. The van der Waals surface area contributed by atoms with Crippen molar-refractivity contribution >= 4 is 0 Å². The van der Waals surface area contributed by atoms with E-state index in [0.717, 1.165) is 16.7 Å². The molecular formula is C11H13NO. The number of phenolic OH excluding ortho intramolecular Hbond substituents is 1. The summed E-state index contributed by atoms with van der Waals surface area (Å²) in [7, 11) is 0. The van der Waals surface area contributed by atoms with Crippen molar-refractivity contribution in [2.24, 2.45) is 5.73 Å². The number of hydrogen-bond donors (Lipinski definition) is 2. The lowest BCUT2D eigenvalue weighted by molar-refractivity contribution is 0.467. The van der Waals surface area contributed by atoms with E-state index < -0.39 is 0 Å². The minimum atomic E-state index is 0.346. The molecule has 2 nitrogen and oxygen atoms in total. The number of aromatic hydroxyl groups is 1. The van der Waals surface area contributed by atoms with Crippen molar-refractivity contribution < 1.29 is 5.11 Å². The first-order valence-corrected chi connectivity index (χ1v) is 4.14. The van der Waals surface area contributed by atoms with Crippen molar-refractivity contribution in [3.05, 3.63) is 28.8 Å². The number of benzene rings is 1. The third kappa shape index (κ3) is 2.24. The van der Waals surface area contributed by atoms with Gasteiger partial charge >= 0.3 is 0 Å². The Labute approximate surface area is 78.4 Å². The Balaban J connectivity index is 3.13. The van der Waals surface area contributed by atoms with Crippen LogP contribution in [0.25, 0.3) is 0 Å². The van der Waals surface area contributed by atoms with Gasteiger partial charge in [0.25, 0.3) is 0 Å². The van der Waals surface area contributed by atoms with Crippen LogP contribution in [0.3, 0.4) is 0 Å². The molecule has 0 saturated heterocycles. The van der Waals surface area contributed by atoms with Crippen molar-refractivity contribution in [1.82, 2.24) is 0 Å². The molecule has 0 spiro atoms. The zero-order valence-corrected chi connectivity index (χ0v) is 7.89. The molecule has 0 bridgehead atoms. The highest BCUT2D eigenvalue weighted by atomic mass is 16.3. The smallest absolute Gasteiger partial charge is 0.121 e. The van der Waals surface area contributed by atoms with Crippen molar-refractivity contribution in [2.75, 3.05) is 6.54 Å². The second kappa shape index (κ2) is 3.97. The average Bonchev–Trinajstić information content (AvgIpc) is 2.10. The van der Waals surface area contributed by atoms with E-state index in [1.54, 1.807) is 0 Å². The fraction of sp³-hybridized carbons (Fsp3) is 0.273. The lowest BCUT2D eigenvalue weighted by Gasteiger charge is -2.02. The molecule has 3 N–H and O–H groups in total. The predicted molar refractivity (Wildman–Crippen MR) is 53.5 cm³/mol. The molecule has 0 aliphatic rings. The molecule has 13 heavy (non-hydrogen) atoms. The van der Waals surface area contributed by atoms with Crippen molar-refractivity contribution in [1.29, 1.82) is 0 Å². The van der Waals surface area contributed by atoms with Crippen molar-refractivity contribution in [3.63, 3.8) is 0 Å². The van der Waals surface area contributed by atoms with Crippen LogP contribution in [0.5, 0.6) is 5.75 Å². The summed E-state index contributed by atoms with van der Waals surface area (Å²) < 4.78 is 0. The highest BCUT2D eigenvalue weighted by Crippen LogP contribution is 2.22. The lowest BCUT2D eigenvalue weighted by Crippen LogP contribution is -1.93. The summed E-state index contributed by atoms with van der Waals surface area (Å²) in [6.07, 6.45) is 0. The van der Waals surface area contributed by atoms with E-state index in [9.17, 15) is 5.11 Å². The molecule has 1 aromatic carbocycles. The average molecular weight is 175 g/mol. The standard InChI is InChI=1S/C11H13NO/c1-8-6-10(4-3-5-12)7-9(2)11(8)13/h6-7,13H,5,12H2,1-2H3. The molecule has 0 fully saturated rings. The minimum absolute atomic E-state index is 0.346. The van der Waals surface area contributed by atoms with Gasteiger partial charge in [-0.25, -0.2) is 0 Å². The fourth-order valence-corrected chi connectivity index (χ4v) is 1.18. The Bertz CT molecular complexity index is 348. The molecule has 0 atom stereocenters. The zero-order valence-electron chi connectivity index (χ0n) is 7.89. The third-order valence-electron chi connectivity index (χ3n) is 1.83. The van der Waals surface area contributed by atoms with Crippen LogP contribution in [0.1, 0.15) is 16.7 Å². The fourth-order valence-electron chi connectivity index (χ4n) is 1.18. The second-order valence-corrected chi connectivity index (χ2v) is 2.96. The molecule has 0 aliphatic carbocycles. The van der Waals surface area contributed by atoms with Gasteiger partial charge in [0, 0.05) is 5.56 Å². The first kappa shape index (κ1) is 9.63. The van der Waals surface area contributed by atoms with E-state index in [0.29, 0.717) is 12.3 Å². The maximum atomic E-state index is 9.48. The normalized spacial score (nSPS) is 9.15. The maximum absolute atomic E-state index is 9.48. The summed E-state index contributed by atoms with van der Waals surface area (Å²) in [5.74, 6) is 6.05. The van der Waals surface area contributed by atoms with E-state index in [1.165, 1.54) is 0 Å². The Morgan fingerprint density at radius 3 is 2.31 bits per heavy atom. The van der Waals surface area contributed by atoms with Crippen LogP contribution >= 0.6 is 0 Å². The van der Waals surface area contributed by atoms with Gasteiger partial charge in [-0.3, -0.25) is 0 Å². The molecule has 68 valence electrons. The predicted octanol–water partition coefficient (Wildman–Crippen LogP) is 1.32. The molecule has 0 heterocycles. The van der Waals surface area contributed by atoms with E-state index >= 15 is 0 Å². The van der Waals surface area contributed by atoms with Crippen LogP contribution in [-0.2, 0) is 0 Å². The molecular weight excluding hydrogens is 162 g/mol. The van der Waals surface area contributed by atoms with E-state index in [1.807, 2.05) is 26.0 Å². The van der Waals surface area contributed by atoms with Gasteiger partial charge in [-0.1, -0.05) is 11.8 Å². The molecule has 1 aromatic rings. The number of nitrogens with two attached hydrogens (primary N) is 1. The van der Waals surface area contributed by atoms with Gasteiger partial charge in [-0.2, -0.15) is 0 Å². The second-order valence-electron chi connectivity index (χ2n) is 2.96. The molecule has 0 unspecified atom stereocenters. The lowest BCUT2D eigenvalue weighted by atomic mass is 10.1. The Kier molecular flexibility index (Phi) is 2.94. The van der Waals surface area contributed by atoms with Gasteiger partial charge in [0.2, 0.25) is 0 Å². The molecule has 1 rings (SSSR count). The van der Waals surface area contributed by atoms with Crippen LogP contribution in [0.15, 0.2) is 12.1 Å². The van der Waals surface area contributed by atoms with E-state index in [-0.39, 0.29) is 0 Å². The SMILES string of the molecule is Cc1cc(C#CCN)cc(C)c1O. The molecule has 0 radical (unpaired) electrons. The largest absolute Gasteiger partial charge is 0.507 e. The monoisotopic (exact) mass is 175 g/mol. The zero-order chi connectivity index (χ0) is 9.84. The van der Waals surface area contributed by atoms with Crippen LogP contribution in [0, 0.1) is 25.7 Å². The molecule has 0 amide bonds. The number of phenols is 1. The topological polar surface area (TPSA) is 46.2 Å². The molecule has 0 saturated carbocycles. The number of rotatable bonds is 0. The van der Waals surface area contributed by atoms with Gasteiger partial charge in [0.1, 0.15) is 5.75 Å².